The molecule has 1 aliphatic heterocycles. The summed E-state index contributed by atoms with van der Waals surface area (Å²) in [5.74, 6) is 1.61. The van der Waals surface area contributed by atoms with Gasteiger partial charge in [-0.2, -0.15) is 0 Å². The van der Waals surface area contributed by atoms with Crippen LogP contribution in [-0.2, 0) is 22.6 Å². The Morgan fingerprint density at radius 1 is 1.17 bits per heavy atom. The van der Waals surface area contributed by atoms with Gasteiger partial charge in [0.2, 0.25) is 5.91 Å². The number of nitrogens with two attached hydrogens (primary N) is 1. The fourth-order valence-corrected chi connectivity index (χ4v) is 5.57. The van der Waals surface area contributed by atoms with Crippen molar-refractivity contribution in [3.63, 3.8) is 0 Å². The minimum absolute atomic E-state index is 0.0623. The summed E-state index contributed by atoms with van der Waals surface area (Å²) in [5.41, 5.74) is 7.79. The monoisotopic (exact) mass is 482 g/mol. The van der Waals surface area contributed by atoms with Crippen molar-refractivity contribution in [3.8, 4) is 0 Å². The van der Waals surface area contributed by atoms with Gasteiger partial charge in [0.15, 0.2) is 5.96 Å². The number of aliphatic imine (C=N–C) groups is 1. The van der Waals surface area contributed by atoms with Crippen LogP contribution in [0.1, 0.15) is 103 Å². The Bertz CT molecular complexity index is 858. The van der Waals surface area contributed by atoms with Crippen LogP contribution in [-0.4, -0.2) is 34.8 Å². The third kappa shape index (κ3) is 7.81. The van der Waals surface area contributed by atoms with Crippen molar-refractivity contribution < 1.29 is 9.59 Å². The molecule has 0 spiro atoms. The van der Waals surface area contributed by atoms with Crippen LogP contribution in [0.2, 0.25) is 0 Å². The highest BCUT2D eigenvalue weighted by molar-refractivity contribution is 6.06. The number of hydrogen-bond acceptors (Lipinski definition) is 4. The van der Waals surface area contributed by atoms with Gasteiger partial charge in [0, 0.05) is 13.0 Å². The summed E-state index contributed by atoms with van der Waals surface area (Å²) in [6.45, 7) is 7.62. The van der Waals surface area contributed by atoms with Crippen LogP contribution in [0.5, 0.6) is 0 Å². The molecule has 1 aliphatic carbocycles. The van der Waals surface area contributed by atoms with Gasteiger partial charge in [0.1, 0.15) is 5.54 Å². The molecule has 194 valence electrons. The topological polar surface area (TPSA) is 87.8 Å². The lowest BCUT2D eigenvalue weighted by atomic mass is 9.79. The van der Waals surface area contributed by atoms with Gasteiger partial charge in [0.25, 0.3) is 5.91 Å². The molecule has 3 rings (SSSR count). The SMILES string of the molecule is CCCCNC(=O)CCc1ccc(CN2C(=O)C(CCC3CCCCC3)(CC(C)C)N=C2N)cc1. The Morgan fingerprint density at radius 2 is 1.86 bits per heavy atom. The highest BCUT2D eigenvalue weighted by atomic mass is 16.2. The number of aryl methyl sites for hydroxylation is 1. The van der Waals surface area contributed by atoms with E-state index in [9.17, 15) is 9.59 Å². The van der Waals surface area contributed by atoms with E-state index in [1.165, 1.54) is 32.1 Å². The lowest BCUT2D eigenvalue weighted by Crippen LogP contribution is -2.44. The zero-order chi connectivity index (χ0) is 25.3. The molecular formula is C29H46N4O2. The zero-order valence-corrected chi connectivity index (χ0v) is 22.2. The van der Waals surface area contributed by atoms with E-state index < -0.39 is 5.54 Å². The molecule has 2 amide bonds. The Labute approximate surface area is 212 Å². The van der Waals surface area contributed by atoms with E-state index in [0.29, 0.717) is 37.2 Å². The highest BCUT2D eigenvalue weighted by Crippen LogP contribution is 2.37. The lowest BCUT2D eigenvalue weighted by molar-refractivity contribution is -0.132. The second-order valence-corrected chi connectivity index (χ2v) is 11.1. The number of amides is 2. The average molecular weight is 483 g/mol. The maximum absolute atomic E-state index is 13.7. The van der Waals surface area contributed by atoms with E-state index in [1.54, 1.807) is 4.90 Å². The minimum atomic E-state index is -0.708. The van der Waals surface area contributed by atoms with Crippen molar-refractivity contribution in [3.05, 3.63) is 35.4 Å². The molecule has 6 nitrogen and oxygen atoms in total. The molecule has 0 bridgehead atoms. The van der Waals surface area contributed by atoms with E-state index in [-0.39, 0.29) is 11.8 Å². The van der Waals surface area contributed by atoms with Crippen LogP contribution >= 0.6 is 0 Å². The summed E-state index contributed by atoms with van der Waals surface area (Å²) < 4.78 is 0. The molecule has 0 radical (unpaired) electrons. The van der Waals surface area contributed by atoms with Gasteiger partial charge < -0.3 is 11.1 Å². The Balaban J connectivity index is 1.58. The van der Waals surface area contributed by atoms with Crippen LogP contribution in [0, 0.1) is 11.8 Å². The molecule has 2 aliphatic rings. The van der Waals surface area contributed by atoms with Crippen LogP contribution in [0.3, 0.4) is 0 Å². The van der Waals surface area contributed by atoms with Crippen molar-refractivity contribution in [1.29, 1.82) is 0 Å². The highest BCUT2D eigenvalue weighted by Gasteiger charge is 2.47. The van der Waals surface area contributed by atoms with Gasteiger partial charge in [0.05, 0.1) is 6.54 Å². The first-order valence-corrected chi connectivity index (χ1v) is 13.8. The van der Waals surface area contributed by atoms with Crippen molar-refractivity contribution in [2.45, 2.75) is 110 Å². The fraction of sp³-hybridized carbons (Fsp3) is 0.690. The molecule has 6 heteroatoms. The number of nitrogens with one attached hydrogen (secondary N) is 1. The molecule has 1 heterocycles. The minimum Gasteiger partial charge on any atom is -0.369 e. The van der Waals surface area contributed by atoms with Crippen LogP contribution < -0.4 is 11.1 Å². The normalized spacial score (nSPS) is 21.0. The van der Waals surface area contributed by atoms with Gasteiger partial charge in [-0.3, -0.25) is 14.5 Å². The first-order valence-electron chi connectivity index (χ1n) is 13.8. The molecule has 1 saturated carbocycles. The van der Waals surface area contributed by atoms with Crippen molar-refractivity contribution in [2.75, 3.05) is 6.54 Å². The van der Waals surface area contributed by atoms with Gasteiger partial charge in [-0.25, -0.2) is 4.99 Å². The molecule has 35 heavy (non-hydrogen) atoms. The zero-order valence-electron chi connectivity index (χ0n) is 22.2. The number of unbranched alkanes of at least 4 members (excludes halogenated alkanes) is 1. The quantitative estimate of drug-likeness (QED) is 0.372. The standard InChI is InChI=1S/C29H46N4O2/c1-4-5-19-31-26(34)16-15-24-11-13-25(14-12-24)21-33-27(35)29(20-22(2)3,32-28(33)30)18-17-23-9-7-6-8-10-23/h11-14,22-23H,4-10,15-21H2,1-3H3,(H2,30,32)(H,31,34). The van der Waals surface area contributed by atoms with Gasteiger partial charge in [-0.15, -0.1) is 0 Å². The van der Waals surface area contributed by atoms with Crippen LogP contribution in [0.25, 0.3) is 0 Å². The van der Waals surface area contributed by atoms with Gasteiger partial charge in [-0.1, -0.05) is 83.6 Å². The number of guanidine groups is 1. The lowest BCUT2D eigenvalue weighted by Gasteiger charge is -2.30. The first-order chi connectivity index (χ1) is 16.8. The fourth-order valence-electron chi connectivity index (χ4n) is 5.57. The molecule has 1 atom stereocenters. The molecule has 1 fully saturated rings. The second-order valence-electron chi connectivity index (χ2n) is 11.1. The van der Waals surface area contributed by atoms with E-state index in [4.69, 9.17) is 10.7 Å². The molecule has 0 saturated heterocycles. The maximum Gasteiger partial charge on any atom is 0.257 e. The summed E-state index contributed by atoms with van der Waals surface area (Å²) in [6.07, 6.45) is 12.4. The summed E-state index contributed by atoms with van der Waals surface area (Å²) in [6, 6.07) is 8.17. The number of benzene rings is 1. The summed E-state index contributed by atoms with van der Waals surface area (Å²) in [5, 5.41) is 2.97. The largest absolute Gasteiger partial charge is 0.369 e. The third-order valence-electron chi connectivity index (χ3n) is 7.54. The number of carbonyl (C=O) groups is 2. The summed E-state index contributed by atoms with van der Waals surface area (Å²) in [7, 11) is 0. The van der Waals surface area contributed by atoms with E-state index in [0.717, 1.165) is 49.8 Å². The Hall–Kier alpha value is -2.37. The number of carbonyl (C=O) groups excluding carboxylic acids is 2. The first kappa shape index (κ1) is 27.2. The molecule has 0 aromatic heterocycles. The van der Waals surface area contributed by atoms with Crippen molar-refractivity contribution >= 4 is 17.8 Å². The van der Waals surface area contributed by atoms with Gasteiger partial charge in [-0.05, 0) is 55.1 Å². The van der Waals surface area contributed by atoms with Crippen molar-refractivity contribution in [1.82, 2.24) is 10.2 Å². The maximum atomic E-state index is 13.7. The van der Waals surface area contributed by atoms with E-state index >= 15 is 0 Å². The van der Waals surface area contributed by atoms with E-state index in [1.807, 2.05) is 24.3 Å². The van der Waals surface area contributed by atoms with Gasteiger partial charge >= 0.3 is 0 Å². The number of rotatable bonds is 13. The molecule has 1 aromatic rings. The molecular weight excluding hydrogens is 436 g/mol. The predicted molar refractivity (Wildman–Crippen MR) is 143 cm³/mol. The van der Waals surface area contributed by atoms with Crippen LogP contribution in [0.15, 0.2) is 29.3 Å². The number of hydrogen-bond donors (Lipinski definition) is 2. The molecule has 1 unspecified atom stereocenters. The predicted octanol–water partition coefficient (Wildman–Crippen LogP) is 5.34. The Kier molecular flexibility index (Phi) is 10.2. The number of nitrogens with zero attached hydrogens (tertiary/aromatic N) is 2. The van der Waals surface area contributed by atoms with E-state index in [2.05, 4.69) is 26.1 Å². The Morgan fingerprint density at radius 3 is 2.51 bits per heavy atom. The smallest absolute Gasteiger partial charge is 0.257 e. The third-order valence-corrected chi connectivity index (χ3v) is 7.54. The second kappa shape index (κ2) is 13.1. The van der Waals surface area contributed by atoms with Crippen molar-refractivity contribution in [2.24, 2.45) is 22.6 Å². The average Bonchev–Trinajstić information content (AvgIpc) is 3.07. The molecule has 3 N–H and O–H groups in total. The summed E-state index contributed by atoms with van der Waals surface area (Å²) in [4.78, 5) is 32.2. The van der Waals surface area contributed by atoms with Crippen LogP contribution in [0.4, 0.5) is 0 Å². The molecule has 1 aromatic carbocycles. The summed E-state index contributed by atoms with van der Waals surface area (Å²) >= 11 is 0.